The highest BCUT2D eigenvalue weighted by molar-refractivity contribution is 6.01. The first-order valence-corrected chi connectivity index (χ1v) is 9.74. The molecule has 7 atom stereocenters. The summed E-state index contributed by atoms with van der Waals surface area (Å²) in [5, 5.41) is 2.80. The predicted molar refractivity (Wildman–Crippen MR) is 96.8 cm³/mol. The summed E-state index contributed by atoms with van der Waals surface area (Å²) in [6.45, 7) is 6.07. The normalized spacial score (nSPS) is 46.7. The second kappa shape index (κ2) is 5.86. The molecular weight excluding hydrogens is 330 g/mol. The smallest absolute Gasteiger partial charge is 0.178 e. The van der Waals surface area contributed by atoms with Gasteiger partial charge < -0.3 is 4.84 Å². The van der Waals surface area contributed by atoms with Crippen molar-refractivity contribution in [1.29, 1.82) is 0 Å². The molecule has 0 saturated heterocycles. The lowest BCUT2D eigenvalue weighted by Crippen LogP contribution is -2.56. The van der Waals surface area contributed by atoms with Gasteiger partial charge in [0.25, 0.3) is 0 Å². The van der Waals surface area contributed by atoms with Gasteiger partial charge in [-0.05, 0) is 68.4 Å². The molecule has 5 nitrogen and oxygen atoms in total. The lowest BCUT2D eigenvalue weighted by Gasteiger charge is -2.58. The molecule has 1 unspecified atom stereocenters. The minimum atomic E-state index is -0.315. The maximum Gasteiger partial charge on any atom is 0.178 e. The molecule has 26 heavy (non-hydrogen) atoms. The molecule has 0 N–H and O–H groups in total. The Bertz CT molecular complexity index is 726. The summed E-state index contributed by atoms with van der Waals surface area (Å²) in [7, 11) is 0. The van der Waals surface area contributed by atoms with Crippen LogP contribution in [0, 0.1) is 39.4 Å². The van der Waals surface area contributed by atoms with Gasteiger partial charge in [0.1, 0.15) is 11.9 Å². The van der Waals surface area contributed by atoms with Crippen molar-refractivity contribution in [2.75, 3.05) is 0 Å². The van der Waals surface area contributed by atoms with Crippen molar-refractivity contribution in [3.05, 3.63) is 28.7 Å². The predicted octanol–water partition coefficient (Wildman–Crippen LogP) is 4.18. The van der Waals surface area contributed by atoms with E-state index >= 15 is 0 Å². The number of fused-ring (bicyclic) bond motifs is 5. The largest absolute Gasteiger partial charge is 0.360 e. The molecule has 0 aliphatic heterocycles. The third-order valence-electron chi connectivity index (χ3n) is 8.14. The standard InChI is InChI=1S/C21H27NO4/c1-12(23)16-6-7-17-15-5-4-13-10-14(24)8-9-20(13,2)19(15)18(26-22-25)11-21(16,17)3/h8-10,15-19H,4-7,11H2,1-3H3/t15-,16+,17-,18?,19+,20-,21+/m0/s1. The first-order chi connectivity index (χ1) is 12.3. The Morgan fingerprint density at radius 1 is 1.27 bits per heavy atom. The van der Waals surface area contributed by atoms with Crippen molar-refractivity contribution in [2.45, 2.75) is 59.0 Å². The van der Waals surface area contributed by atoms with Gasteiger partial charge in [0.15, 0.2) is 11.1 Å². The number of ketones is 2. The summed E-state index contributed by atoms with van der Waals surface area (Å²) in [4.78, 5) is 40.6. The molecule has 4 rings (SSSR count). The number of hydrogen-bond donors (Lipinski definition) is 0. The van der Waals surface area contributed by atoms with Crippen LogP contribution >= 0.6 is 0 Å². The van der Waals surface area contributed by atoms with Crippen molar-refractivity contribution in [3.63, 3.8) is 0 Å². The van der Waals surface area contributed by atoms with Gasteiger partial charge in [0, 0.05) is 17.3 Å². The van der Waals surface area contributed by atoms with Gasteiger partial charge >= 0.3 is 0 Å². The fourth-order valence-corrected chi connectivity index (χ4v) is 7.11. The molecule has 0 heterocycles. The van der Waals surface area contributed by atoms with Crippen molar-refractivity contribution < 1.29 is 14.4 Å². The lowest BCUT2D eigenvalue weighted by molar-refractivity contribution is -0.150. The SMILES string of the molecule is CC(=O)[C@H]1CC[C@H]2[C@@H]3CCC4=CC(=O)C=C[C@]4(C)[C@H]3C(ON=O)C[C@]12C. The number of rotatable bonds is 3. The molecule has 4 aliphatic rings. The van der Waals surface area contributed by atoms with E-state index < -0.39 is 0 Å². The maximum atomic E-state index is 12.3. The van der Waals surface area contributed by atoms with Crippen LogP contribution in [0.4, 0.5) is 0 Å². The zero-order valence-electron chi connectivity index (χ0n) is 15.7. The Hall–Kier alpha value is -1.78. The Morgan fingerprint density at radius 2 is 2.04 bits per heavy atom. The molecule has 0 aromatic carbocycles. The van der Waals surface area contributed by atoms with Crippen LogP contribution in [0.3, 0.4) is 0 Å². The average molecular weight is 357 g/mol. The van der Waals surface area contributed by atoms with Crippen LogP contribution in [0.25, 0.3) is 0 Å². The number of allylic oxidation sites excluding steroid dienone is 4. The molecule has 140 valence electrons. The number of hydrogen-bond acceptors (Lipinski definition) is 5. The topological polar surface area (TPSA) is 72.8 Å². The number of carbonyl (C=O) groups excluding carboxylic acids is 2. The van der Waals surface area contributed by atoms with E-state index in [0.29, 0.717) is 18.3 Å². The number of carbonyl (C=O) groups is 2. The third-order valence-corrected chi connectivity index (χ3v) is 8.14. The summed E-state index contributed by atoms with van der Waals surface area (Å²) in [6, 6.07) is 0. The van der Waals surface area contributed by atoms with Gasteiger partial charge in [0.2, 0.25) is 0 Å². The summed E-state index contributed by atoms with van der Waals surface area (Å²) in [5.41, 5.74) is 0.742. The van der Waals surface area contributed by atoms with E-state index in [9.17, 15) is 14.5 Å². The Labute approximate surface area is 154 Å². The van der Waals surface area contributed by atoms with E-state index in [-0.39, 0.29) is 40.3 Å². The van der Waals surface area contributed by atoms with Crippen LogP contribution in [-0.2, 0) is 14.4 Å². The van der Waals surface area contributed by atoms with E-state index in [1.807, 2.05) is 6.08 Å². The summed E-state index contributed by atoms with van der Waals surface area (Å²) in [6.07, 6.45) is 9.66. The van der Waals surface area contributed by atoms with Crippen LogP contribution in [0.2, 0.25) is 0 Å². The molecule has 0 spiro atoms. The molecule has 5 heteroatoms. The Kier molecular flexibility index (Phi) is 3.97. The maximum absolute atomic E-state index is 12.3. The minimum Gasteiger partial charge on any atom is -0.360 e. The highest BCUT2D eigenvalue weighted by atomic mass is 16.7. The van der Waals surface area contributed by atoms with E-state index in [1.54, 1.807) is 19.1 Å². The van der Waals surface area contributed by atoms with Crippen LogP contribution in [0.1, 0.15) is 52.9 Å². The quantitative estimate of drug-likeness (QED) is 0.561. The zero-order chi connectivity index (χ0) is 18.7. The first kappa shape index (κ1) is 17.6. The molecule has 3 fully saturated rings. The van der Waals surface area contributed by atoms with E-state index in [1.165, 1.54) is 0 Å². The summed E-state index contributed by atoms with van der Waals surface area (Å²) < 4.78 is 0. The van der Waals surface area contributed by atoms with Gasteiger partial charge in [-0.2, -0.15) is 0 Å². The van der Waals surface area contributed by atoms with Crippen molar-refractivity contribution in [2.24, 2.45) is 39.8 Å². The molecule has 4 aliphatic carbocycles. The average Bonchev–Trinajstić information content (AvgIpc) is 2.92. The van der Waals surface area contributed by atoms with E-state index in [0.717, 1.165) is 31.3 Å². The van der Waals surface area contributed by atoms with Gasteiger partial charge in [-0.1, -0.05) is 25.5 Å². The van der Waals surface area contributed by atoms with Gasteiger partial charge in [0.05, 0.1) is 0 Å². The van der Waals surface area contributed by atoms with E-state index in [4.69, 9.17) is 4.84 Å². The fraction of sp³-hybridized carbons (Fsp3) is 0.714. The molecule has 0 radical (unpaired) electrons. The lowest BCUT2D eigenvalue weighted by atomic mass is 9.46. The van der Waals surface area contributed by atoms with E-state index in [2.05, 4.69) is 19.2 Å². The van der Waals surface area contributed by atoms with Crippen molar-refractivity contribution in [3.8, 4) is 0 Å². The van der Waals surface area contributed by atoms with Crippen LogP contribution < -0.4 is 0 Å². The highest BCUT2D eigenvalue weighted by Crippen LogP contribution is 2.66. The second-order valence-corrected chi connectivity index (χ2v) is 9.19. The zero-order valence-corrected chi connectivity index (χ0v) is 15.7. The number of nitrogens with zero attached hydrogens (tertiary/aromatic N) is 1. The van der Waals surface area contributed by atoms with Gasteiger partial charge in [-0.25, -0.2) is 0 Å². The molecule has 0 amide bonds. The minimum absolute atomic E-state index is 0.0411. The van der Waals surface area contributed by atoms with Gasteiger partial charge in [-0.3, -0.25) is 9.59 Å². The Morgan fingerprint density at radius 3 is 2.73 bits per heavy atom. The molecule has 0 aromatic rings. The third kappa shape index (κ3) is 2.28. The van der Waals surface area contributed by atoms with Crippen LogP contribution in [0.15, 0.2) is 29.1 Å². The molecular formula is C21H27NO4. The van der Waals surface area contributed by atoms with Crippen LogP contribution in [-0.4, -0.2) is 17.7 Å². The van der Waals surface area contributed by atoms with Crippen molar-refractivity contribution in [1.82, 2.24) is 0 Å². The molecule has 3 saturated carbocycles. The molecule has 0 bridgehead atoms. The summed E-state index contributed by atoms with van der Waals surface area (Å²) in [5.74, 6) is 1.28. The van der Waals surface area contributed by atoms with Gasteiger partial charge in [-0.15, -0.1) is 4.91 Å². The molecule has 0 aromatic heterocycles. The van der Waals surface area contributed by atoms with Crippen LogP contribution in [0.5, 0.6) is 0 Å². The Balaban J connectivity index is 1.77. The monoisotopic (exact) mass is 357 g/mol. The highest BCUT2D eigenvalue weighted by Gasteiger charge is 2.63. The van der Waals surface area contributed by atoms with Crippen molar-refractivity contribution >= 4 is 11.6 Å². The first-order valence-electron chi connectivity index (χ1n) is 9.74. The summed E-state index contributed by atoms with van der Waals surface area (Å²) >= 11 is 0. The second-order valence-electron chi connectivity index (χ2n) is 9.19. The number of Topliss-reactive ketones (excluding diaryl/α,β-unsaturated/α-hetero) is 1. The fourth-order valence-electron chi connectivity index (χ4n) is 7.11.